The maximum atomic E-state index is 10.1. The van der Waals surface area contributed by atoms with Crippen molar-refractivity contribution in [1.29, 1.82) is 5.26 Å². The van der Waals surface area contributed by atoms with Crippen LogP contribution < -0.4 is 0 Å². The lowest BCUT2D eigenvalue weighted by molar-refractivity contribution is 0.0881. The number of rotatable bonds is 6. The second kappa shape index (κ2) is 7.27. The van der Waals surface area contributed by atoms with Gasteiger partial charge in [0.1, 0.15) is 0 Å². The number of phenolic OH excluding ortho intramolecular Hbond substituents is 2. The van der Waals surface area contributed by atoms with E-state index in [0.29, 0.717) is 0 Å². The van der Waals surface area contributed by atoms with Gasteiger partial charge in [0.05, 0.1) is 11.5 Å². The predicted octanol–water partition coefficient (Wildman–Crippen LogP) is 5.91. The van der Waals surface area contributed by atoms with E-state index in [2.05, 4.69) is 45.9 Å². The third kappa shape index (κ3) is 3.30. The highest BCUT2D eigenvalue weighted by atomic mass is 16.3. The zero-order valence-electron chi connectivity index (χ0n) is 17.2. The number of nitriles is 1. The second-order valence-corrected chi connectivity index (χ2v) is 8.57. The van der Waals surface area contributed by atoms with Crippen molar-refractivity contribution in [3.63, 3.8) is 0 Å². The number of benzene rings is 2. The molecule has 0 heterocycles. The number of aromatic hydroxyl groups is 2. The largest absolute Gasteiger partial charge is 0.504 e. The lowest BCUT2D eigenvalue weighted by atomic mass is 9.49. The van der Waals surface area contributed by atoms with Gasteiger partial charge in [-0.05, 0) is 54.9 Å². The van der Waals surface area contributed by atoms with Gasteiger partial charge in [-0.25, -0.2) is 0 Å². The van der Waals surface area contributed by atoms with E-state index >= 15 is 0 Å². The molecule has 3 nitrogen and oxygen atoms in total. The van der Waals surface area contributed by atoms with Gasteiger partial charge in [-0.3, -0.25) is 0 Å². The summed E-state index contributed by atoms with van der Waals surface area (Å²) in [5.41, 5.74) is 0.764. The molecule has 2 rings (SSSR count). The monoisotopic (exact) mass is 365 g/mol. The van der Waals surface area contributed by atoms with E-state index in [1.54, 1.807) is 6.07 Å². The van der Waals surface area contributed by atoms with Crippen molar-refractivity contribution in [1.82, 2.24) is 0 Å². The molecule has 0 saturated heterocycles. The zero-order valence-corrected chi connectivity index (χ0v) is 17.2. The van der Waals surface area contributed by atoms with Crippen LogP contribution in [0.15, 0.2) is 48.5 Å². The van der Waals surface area contributed by atoms with Crippen molar-refractivity contribution in [3.05, 3.63) is 59.7 Å². The summed E-state index contributed by atoms with van der Waals surface area (Å²) in [5, 5.41) is 29.8. The second-order valence-electron chi connectivity index (χ2n) is 8.57. The van der Waals surface area contributed by atoms with Gasteiger partial charge >= 0.3 is 0 Å². The minimum Gasteiger partial charge on any atom is -0.504 e. The van der Waals surface area contributed by atoms with E-state index in [4.69, 9.17) is 0 Å². The molecule has 0 spiro atoms. The summed E-state index contributed by atoms with van der Waals surface area (Å²) in [4.78, 5) is 0. The topological polar surface area (TPSA) is 64.2 Å². The smallest absolute Gasteiger partial charge is 0.157 e. The van der Waals surface area contributed by atoms with Crippen LogP contribution in [-0.4, -0.2) is 10.2 Å². The Morgan fingerprint density at radius 3 is 2.00 bits per heavy atom. The molecule has 0 aliphatic carbocycles. The molecule has 0 aliphatic heterocycles. The van der Waals surface area contributed by atoms with E-state index in [9.17, 15) is 15.5 Å². The van der Waals surface area contributed by atoms with Crippen LogP contribution in [0.1, 0.15) is 59.1 Å². The molecule has 2 atom stereocenters. The average Bonchev–Trinajstić information content (AvgIpc) is 2.65. The summed E-state index contributed by atoms with van der Waals surface area (Å²) >= 11 is 0. The molecule has 2 aromatic rings. The first-order chi connectivity index (χ1) is 12.5. The Balaban J connectivity index is 2.72. The maximum absolute atomic E-state index is 10.1. The molecular formula is C24H31NO2. The van der Waals surface area contributed by atoms with Crippen LogP contribution in [0, 0.1) is 22.7 Å². The first-order valence-electron chi connectivity index (χ1n) is 9.53. The summed E-state index contributed by atoms with van der Waals surface area (Å²) in [5.74, 6) is -0.158. The SMILES string of the molecule is CCC(c1ccccc1)(C(C)C(C)(C)c1ccc(O)c(O)c1)C(C)(C)C#N. The lowest BCUT2D eigenvalue weighted by Crippen LogP contribution is -2.52. The van der Waals surface area contributed by atoms with E-state index in [0.717, 1.165) is 17.5 Å². The average molecular weight is 366 g/mol. The van der Waals surface area contributed by atoms with Gasteiger partial charge in [0.25, 0.3) is 0 Å². The summed E-state index contributed by atoms with van der Waals surface area (Å²) in [7, 11) is 0. The third-order valence-corrected chi connectivity index (χ3v) is 6.78. The van der Waals surface area contributed by atoms with Crippen molar-refractivity contribution in [2.45, 2.75) is 58.8 Å². The first kappa shape index (κ1) is 20.8. The third-order valence-electron chi connectivity index (χ3n) is 6.78. The van der Waals surface area contributed by atoms with Crippen LogP contribution in [-0.2, 0) is 10.8 Å². The molecular weight excluding hydrogens is 334 g/mol. The van der Waals surface area contributed by atoms with Crippen molar-refractivity contribution in [2.24, 2.45) is 11.3 Å². The molecule has 0 saturated carbocycles. The first-order valence-corrected chi connectivity index (χ1v) is 9.53. The normalized spacial score (nSPS) is 15.6. The van der Waals surface area contributed by atoms with E-state index in [1.165, 1.54) is 6.07 Å². The van der Waals surface area contributed by atoms with Gasteiger partial charge in [-0.15, -0.1) is 0 Å². The summed E-state index contributed by atoms with van der Waals surface area (Å²) in [6.07, 6.45) is 0.812. The molecule has 144 valence electrons. The van der Waals surface area contributed by atoms with Crippen LogP contribution in [0.5, 0.6) is 11.5 Å². The summed E-state index contributed by atoms with van der Waals surface area (Å²) in [6, 6.07) is 17.9. The van der Waals surface area contributed by atoms with Crippen molar-refractivity contribution >= 4 is 0 Å². The van der Waals surface area contributed by atoms with Gasteiger partial charge in [-0.2, -0.15) is 5.26 Å². The Kier molecular flexibility index (Phi) is 5.61. The lowest BCUT2D eigenvalue weighted by Gasteiger charge is -2.53. The minimum absolute atomic E-state index is 0.0796. The fourth-order valence-corrected chi connectivity index (χ4v) is 4.73. The van der Waals surface area contributed by atoms with E-state index < -0.39 is 5.41 Å². The molecule has 0 radical (unpaired) electrons. The highest BCUT2D eigenvalue weighted by Gasteiger charge is 2.53. The maximum Gasteiger partial charge on any atom is 0.157 e. The molecule has 2 aromatic carbocycles. The van der Waals surface area contributed by atoms with Crippen molar-refractivity contribution in [2.75, 3.05) is 0 Å². The Morgan fingerprint density at radius 1 is 0.926 bits per heavy atom. The van der Waals surface area contributed by atoms with Crippen molar-refractivity contribution < 1.29 is 10.2 Å². The fourth-order valence-electron chi connectivity index (χ4n) is 4.73. The number of nitrogens with zero attached hydrogens (tertiary/aromatic N) is 1. The number of phenols is 2. The zero-order chi connectivity index (χ0) is 20.5. The summed E-state index contributed by atoms with van der Waals surface area (Å²) in [6.45, 7) is 12.7. The molecule has 0 amide bonds. The quantitative estimate of drug-likeness (QED) is 0.626. The Labute approximate surface area is 163 Å². The molecule has 3 heteroatoms. The van der Waals surface area contributed by atoms with Crippen LogP contribution in [0.2, 0.25) is 0 Å². The van der Waals surface area contributed by atoms with E-state index in [1.807, 2.05) is 38.1 Å². The van der Waals surface area contributed by atoms with Crippen LogP contribution >= 0.6 is 0 Å². The molecule has 0 aliphatic rings. The van der Waals surface area contributed by atoms with Gasteiger partial charge in [0, 0.05) is 5.41 Å². The predicted molar refractivity (Wildman–Crippen MR) is 110 cm³/mol. The van der Waals surface area contributed by atoms with E-state index in [-0.39, 0.29) is 28.2 Å². The fraction of sp³-hybridized carbons (Fsp3) is 0.458. The molecule has 0 bridgehead atoms. The van der Waals surface area contributed by atoms with Gasteiger partial charge in [-0.1, -0.05) is 64.1 Å². The van der Waals surface area contributed by atoms with Crippen molar-refractivity contribution in [3.8, 4) is 17.6 Å². The van der Waals surface area contributed by atoms with Crippen LogP contribution in [0.25, 0.3) is 0 Å². The molecule has 2 N–H and O–H groups in total. The van der Waals surface area contributed by atoms with Crippen LogP contribution in [0.3, 0.4) is 0 Å². The Bertz CT molecular complexity index is 833. The standard InChI is InChI=1S/C24H31NO2/c1-7-24(22(3,4)16-25,18-11-9-8-10-12-18)17(2)23(5,6)19-13-14-20(26)21(27)15-19/h8-15,17,26-27H,7H2,1-6H3. The van der Waals surface area contributed by atoms with Gasteiger partial charge in [0.2, 0.25) is 0 Å². The molecule has 0 fully saturated rings. The Morgan fingerprint density at radius 2 is 1.52 bits per heavy atom. The molecule has 0 aromatic heterocycles. The van der Waals surface area contributed by atoms with Gasteiger partial charge < -0.3 is 10.2 Å². The van der Waals surface area contributed by atoms with Crippen LogP contribution in [0.4, 0.5) is 0 Å². The summed E-state index contributed by atoms with van der Waals surface area (Å²) < 4.78 is 0. The highest BCUT2D eigenvalue weighted by molar-refractivity contribution is 5.44. The molecule has 2 unspecified atom stereocenters. The number of hydrogen-bond acceptors (Lipinski definition) is 3. The van der Waals surface area contributed by atoms with Gasteiger partial charge in [0.15, 0.2) is 11.5 Å². The Hall–Kier alpha value is -2.47. The number of hydrogen-bond donors (Lipinski definition) is 2. The minimum atomic E-state index is -0.598. The highest BCUT2D eigenvalue weighted by Crippen LogP contribution is 2.55. The molecule has 27 heavy (non-hydrogen) atoms.